The largest absolute Gasteiger partial charge is 0.478 e. The Morgan fingerprint density at radius 2 is 2.15 bits per heavy atom. The van der Waals surface area contributed by atoms with E-state index in [9.17, 15) is 9.18 Å². The predicted octanol–water partition coefficient (Wildman–Crippen LogP) is 2.47. The number of nitrogens with zero attached hydrogens (tertiary/aromatic N) is 3. The highest BCUT2D eigenvalue weighted by molar-refractivity contribution is 5.95. The van der Waals surface area contributed by atoms with E-state index in [1.807, 2.05) is 0 Å². The SMILES string of the molecule is Cn1nc(-c2cccc(F)c2)c2ncc(C(=O)O)cc21. The summed E-state index contributed by atoms with van der Waals surface area (Å²) in [6.45, 7) is 0. The summed E-state index contributed by atoms with van der Waals surface area (Å²) in [6.07, 6.45) is 1.27. The highest BCUT2D eigenvalue weighted by Crippen LogP contribution is 2.26. The Kier molecular flexibility index (Phi) is 2.71. The first kappa shape index (κ1) is 12.3. The molecular formula is C14H10FN3O2. The molecule has 0 spiro atoms. The topological polar surface area (TPSA) is 68.0 Å². The molecule has 0 amide bonds. The standard InChI is InChI=1S/C14H10FN3O2/c1-18-11-6-9(14(19)20)7-16-13(11)12(17-18)8-3-2-4-10(15)5-8/h2-7H,1H3,(H,19,20). The summed E-state index contributed by atoms with van der Waals surface area (Å²) in [5.41, 5.74) is 2.35. The second kappa shape index (κ2) is 4.41. The van der Waals surface area contributed by atoms with Crippen LogP contribution >= 0.6 is 0 Å². The lowest BCUT2D eigenvalue weighted by Crippen LogP contribution is -1.98. The molecule has 3 aromatic rings. The van der Waals surface area contributed by atoms with Gasteiger partial charge in [-0.25, -0.2) is 9.18 Å². The molecule has 3 rings (SSSR count). The van der Waals surface area contributed by atoms with Crippen LogP contribution in [0.5, 0.6) is 0 Å². The van der Waals surface area contributed by atoms with Gasteiger partial charge in [-0.2, -0.15) is 5.10 Å². The number of aromatic nitrogens is 3. The van der Waals surface area contributed by atoms with E-state index in [1.54, 1.807) is 19.2 Å². The van der Waals surface area contributed by atoms with Crippen LogP contribution in [0.2, 0.25) is 0 Å². The number of fused-ring (bicyclic) bond motifs is 1. The van der Waals surface area contributed by atoms with Crippen molar-refractivity contribution in [2.45, 2.75) is 0 Å². The average Bonchev–Trinajstić information content (AvgIpc) is 2.76. The molecule has 100 valence electrons. The summed E-state index contributed by atoms with van der Waals surface area (Å²) in [7, 11) is 1.69. The molecule has 0 unspecified atom stereocenters. The zero-order chi connectivity index (χ0) is 14.3. The number of carboxylic acid groups (broad SMARTS) is 1. The van der Waals surface area contributed by atoms with Crippen molar-refractivity contribution >= 4 is 17.0 Å². The van der Waals surface area contributed by atoms with Crippen LogP contribution < -0.4 is 0 Å². The smallest absolute Gasteiger partial charge is 0.337 e. The van der Waals surface area contributed by atoms with Gasteiger partial charge in [-0.1, -0.05) is 12.1 Å². The van der Waals surface area contributed by atoms with Crippen LogP contribution in [0.4, 0.5) is 4.39 Å². The number of carbonyl (C=O) groups is 1. The molecule has 0 atom stereocenters. The molecule has 2 heterocycles. The maximum Gasteiger partial charge on any atom is 0.337 e. The molecule has 2 aromatic heterocycles. The first-order valence-electron chi connectivity index (χ1n) is 5.88. The van der Waals surface area contributed by atoms with Crippen molar-refractivity contribution in [1.29, 1.82) is 0 Å². The third-order valence-electron chi connectivity index (χ3n) is 3.04. The number of hydrogen-bond donors (Lipinski definition) is 1. The van der Waals surface area contributed by atoms with Gasteiger partial charge in [0.15, 0.2) is 0 Å². The molecule has 0 aliphatic rings. The predicted molar refractivity (Wildman–Crippen MR) is 70.9 cm³/mol. The number of aryl methyl sites for hydroxylation is 1. The summed E-state index contributed by atoms with van der Waals surface area (Å²) >= 11 is 0. The van der Waals surface area contributed by atoms with Crippen LogP contribution in [-0.2, 0) is 7.05 Å². The molecule has 0 fully saturated rings. The second-order valence-electron chi connectivity index (χ2n) is 4.38. The van der Waals surface area contributed by atoms with Crippen LogP contribution in [0.3, 0.4) is 0 Å². The molecule has 5 nitrogen and oxygen atoms in total. The maximum absolute atomic E-state index is 13.3. The Bertz CT molecular complexity index is 826. The van der Waals surface area contributed by atoms with Gasteiger partial charge in [0.25, 0.3) is 0 Å². The zero-order valence-electron chi connectivity index (χ0n) is 10.5. The van der Waals surface area contributed by atoms with Crippen molar-refractivity contribution in [1.82, 2.24) is 14.8 Å². The molecule has 0 saturated heterocycles. The van der Waals surface area contributed by atoms with E-state index in [0.29, 0.717) is 22.3 Å². The third-order valence-corrected chi connectivity index (χ3v) is 3.04. The molecule has 0 radical (unpaired) electrons. The van der Waals surface area contributed by atoms with Gasteiger partial charge >= 0.3 is 5.97 Å². The average molecular weight is 271 g/mol. The van der Waals surface area contributed by atoms with Crippen LogP contribution in [0, 0.1) is 5.82 Å². The number of aromatic carboxylic acids is 1. The highest BCUT2D eigenvalue weighted by atomic mass is 19.1. The molecule has 1 aromatic carbocycles. The Hall–Kier alpha value is -2.76. The lowest BCUT2D eigenvalue weighted by atomic mass is 10.1. The molecule has 6 heteroatoms. The highest BCUT2D eigenvalue weighted by Gasteiger charge is 2.14. The first-order chi connectivity index (χ1) is 9.56. The van der Waals surface area contributed by atoms with E-state index in [1.165, 1.54) is 29.1 Å². The summed E-state index contributed by atoms with van der Waals surface area (Å²) in [6, 6.07) is 7.55. The van der Waals surface area contributed by atoms with Crippen molar-refractivity contribution in [2.75, 3.05) is 0 Å². The van der Waals surface area contributed by atoms with Crippen molar-refractivity contribution in [3.63, 3.8) is 0 Å². The van der Waals surface area contributed by atoms with Gasteiger partial charge < -0.3 is 5.11 Å². The van der Waals surface area contributed by atoms with Crippen LogP contribution in [0.1, 0.15) is 10.4 Å². The third kappa shape index (κ3) is 1.91. The molecular weight excluding hydrogens is 261 g/mol. The number of halogens is 1. The fourth-order valence-corrected chi connectivity index (χ4v) is 2.08. The molecule has 0 bridgehead atoms. The quantitative estimate of drug-likeness (QED) is 0.777. The summed E-state index contributed by atoms with van der Waals surface area (Å²) < 4.78 is 14.8. The number of pyridine rings is 1. The number of benzene rings is 1. The van der Waals surface area contributed by atoms with Gasteiger partial charge in [0.05, 0.1) is 11.1 Å². The van der Waals surface area contributed by atoms with E-state index in [4.69, 9.17) is 5.11 Å². The van der Waals surface area contributed by atoms with Crippen molar-refractivity contribution in [3.05, 3.63) is 47.9 Å². The Morgan fingerprint density at radius 3 is 2.85 bits per heavy atom. The van der Waals surface area contributed by atoms with Crippen molar-refractivity contribution in [3.8, 4) is 11.3 Å². The van der Waals surface area contributed by atoms with Crippen molar-refractivity contribution < 1.29 is 14.3 Å². The number of carboxylic acids is 1. The normalized spacial score (nSPS) is 10.9. The molecule has 0 aliphatic heterocycles. The van der Waals surface area contributed by atoms with Gasteiger partial charge in [0.1, 0.15) is 17.0 Å². The molecule has 1 N–H and O–H groups in total. The summed E-state index contributed by atoms with van der Waals surface area (Å²) in [5, 5.41) is 13.3. The fraction of sp³-hybridized carbons (Fsp3) is 0.0714. The van der Waals surface area contributed by atoms with E-state index < -0.39 is 5.97 Å². The first-order valence-corrected chi connectivity index (χ1v) is 5.88. The maximum atomic E-state index is 13.3. The van der Waals surface area contributed by atoms with Gasteiger partial charge in [-0.3, -0.25) is 9.67 Å². The van der Waals surface area contributed by atoms with Gasteiger partial charge in [-0.05, 0) is 18.2 Å². The number of hydrogen-bond acceptors (Lipinski definition) is 3. The van der Waals surface area contributed by atoms with E-state index >= 15 is 0 Å². The monoisotopic (exact) mass is 271 g/mol. The lowest BCUT2D eigenvalue weighted by molar-refractivity contribution is 0.0696. The van der Waals surface area contributed by atoms with Gasteiger partial charge in [0.2, 0.25) is 0 Å². The second-order valence-corrected chi connectivity index (χ2v) is 4.38. The minimum atomic E-state index is -1.05. The lowest BCUT2D eigenvalue weighted by Gasteiger charge is -1.98. The minimum absolute atomic E-state index is 0.0892. The number of rotatable bonds is 2. The fourth-order valence-electron chi connectivity index (χ4n) is 2.08. The van der Waals surface area contributed by atoms with E-state index in [2.05, 4.69) is 10.1 Å². The molecule has 20 heavy (non-hydrogen) atoms. The molecule has 0 saturated carbocycles. The van der Waals surface area contributed by atoms with Gasteiger partial charge in [-0.15, -0.1) is 0 Å². The Labute approximate surface area is 113 Å². The van der Waals surface area contributed by atoms with Crippen molar-refractivity contribution in [2.24, 2.45) is 7.05 Å². The van der Waals surface area contributed by atoms with Gasteiger partial charge in [0, 0.05) is 18.8 Å². The van der Waals surface area contributed by atoms with Crippen LogP contribution in [-0.4, -0.2) is 25.8 Å². The summed E-state index contributed by atoms with van der Waals surface area (Å²) in [4.78, 5) is 15.1. The zero-order valence-corrected chi connectivity index (χ0v) is 10.5. The Morgan fingerprint density at radius 1 is 1.35 bits per heavy atom. The van der Waals surface area contributed by atoms with Crippen LogP contribution in [0.25, 0.3) is 22.3 Å². The summed E-state index contributed by atoms with van der Waals surface area (Å²) in [5.74, 6) is -1.41. The molecule has 0 aliphatic carbocycles. The minimum Gasteiger partial charge on any atom is -0.478 e. The Balaban J connectivity index is 2.25. The van der Waals surface area contributed by atoms with E-state index in [-0.39, 0.29) is 11.4 Å². The van der Waals surface area contributed by atoms with Crippen LogP contribution in [0.15, 0.2) is 36.5 Å². The van der Waals surface area contributed by atoms with E-state index in [0.717, 1.165) is 0 Å².